The molecule has 11 nitrogen and oxygen atoms in total. The van der Waals surface area contributed by atoms with Gasteiger partial charge >= 0.3 is 0 Å². The number of pyridine rings is 2. The zero-order chi connectivity index (χ0) is 29.8. The number of nitrogens with one attached hydrogen (secondary N) is 2. The maximum atomic E-state index is 13.1. The molecule has 1 aliphatic heterocycles. The Morgan fingerprint density at radius 3 is 2.53 bits per heavy atom. The lowest BCUT2D eigenvalue weighted by Gasteiger charge is -2.27. The quantitative estimate of drug-likeness (QED) is 0.278. The number of anilines is 3. The molecule has 2 N–H and O–H groups in total. The monoisotopic (exact) mass is 581 g/mol. The van der Waals surface area contributed by atoms with Gasteiger partial charge in [0, 0.05) is 42.2 Å². The van der Waals surface area contributed by atoms with Crippen LogP contribution in [0.3, 0.4) is 0 Å². The smallest absolute Gasteiger partial charge is 0.254 e. The molecule has 12 heteroatoms. The minimum absolute atomic E-state index is 0.0681. The normalized spacial score (nSPS) is 13.1. The summed E-state index contributed by atoms with van der Waals surface area (Å²) in [6.07, 6.45) is 3.61. The molecule has 1 fully saturated rings. The number of hydrogen-bond acceptors (Lipinski definition) is 8. The van der Waals surface area contributed by atoms with Crippen LogP contribution in [0.25, 0.3) is 16.8 Å². The number of aromatic nitrogens is 4. The maximum absolute atomic E-state index is 13.1. The highest BCUT2D eigenvalue weighted by atomic mass is 19.1. The van der Waals surface area contributed by atoms with Crippen LogP contribution in [-0.2, 0) is 16.0 Å². The number of nitrogens with zero attached hydrogens (tertiary/aromatic N) is 5. The van der Waals surface area contributed by atoms with Crippen LogP contribution < -0.4 is 15.4 Å². The molecular formula is C31H28FN7O4. The summed E-state index contributed by atoms with van der Waals surface area (Å²) >= 11 is 0. The molecule has 5 aromatic rings. The minimum Gasteiger partial charge on any atom is -0.495 e. The summed E-state index contributed by atoms with van der Waals surface area (Å²) in [4.78, 5) is 35.9. The molecule has 0 saturated carbocycles. The number of carbonyl (C=O) groups is 2. The van der Waals surface area contributed by atoms with Crippen LogP contribution in [0.5, 0.6) is 5.75 Å². The Bertz CT molecular complexity index is 1770. The van der Waals surface area contributed by atoms with Crippen molar-refractivity contribution in [2.24, 2.45) is 0 Å². The molecule has 0 unspecified atom stereocenters. The van der Waals surface area contributed by atoms with E-state index in [1.54, 1.807) is 59.1 Å². The first-order chi connectivity index (χ1) is 20.9. The number of carbonyl (C=O) groups excluding carboxylic acids is 2. The lowest BCUT2D eigenvalue weighted by atomic mass is 10.1. The van der Waals surface area contributed by atoms with Gasteiger partial charge in [-0.3, -0.25) is 9.59 Å². The zero-order valence-corrected chi connectivity index (χ0v) is 23.3. The second-order valence-electron chi connectivity index (χ2n) is 9.88. The predicted molar refractivity (Wildman–Crippen MR) is 158 cm³/mol. The summed E-state index contributed by atoms with van der Waals surface area (Å²) in [6, 6.07) is 18.3. The molecule has 2 aromatic carbocycles. The van der Waals surface area contributed by atoms with Crippen LogP contribution in [0.4, 0.5) is 21.8 Å². The maximum Gasteiger partial charge on any atom is 0.254 e. The highest BCUT2D eigenvalue weighted by molar-refractivity contribution is 5.95. The molecule has 4 heterocycles. The minimum atomic E-state index is -0.345. The van der Waals surface area contributed by atoms with Crippen molar-refractivity contribution in [1.29, 1.82) is 0 Å². The first kappa shape index (κ1) is 27.8. The molecule has 6 rings (SSSR count). The fraction of sp³-hybridized carbons (Fsp3) is 0.194. The predicted octanol–water partition coefficient (Wildman–Crippen LogP) is 4.34. The standard InChI is InChI=1S/C31H28FN7O4/c1-42-26-17-21(30(41)38-12-14-43-15-13-38)4-9-25(26)34-31-36-28-11-6-23(19-39(28)37-31)22-5-10-27(33-18-22)35-29(40)16-20-2-7-24(32)8-3-20/h2-11,17-19H,12-16H2,1H3,(H,34,37)(H,33,35,40). The average Bonchev–Trinajstić information content (AvgIpc) is 3.44. The topological polar surface area (TPSA) is 123 Å². The Balaban J connectivity index is 1.13. The number of hydrogen-bond donors (Lipinski definition) is 2. The van der Waals surface area contributed by atoms with E-state index in [-0.39, 0.29) is 24.1 Å². The van der Waals surface area contributed by atoms with Gasteiger partial charge in [-0.05, 0) is 60.2 Å². The number of rotatable bonds is 8. The van der Waals surface area contributed by atoms with Crippen LogP contribution in [0.15, 0.2) is 79.1 Å². The average molecular weight is 582 g/mol. The van der Waals surface area contributed by atoms with E-state index in [4.69, 9.17) is 9.47 Å². The second kappa shape index (κ2) is 12.2. The van der Waals surface area contributed by atoms with Crippen molar-refractivity contribution in [3.63, 3.8) is 0 Å². The van der Waals surface area contributed by atoms with Gasteiger partial charge in [0.15, 0.2) is 5.65 Å². The highest BCUT2D eigenvalue weighted by Crippen LogP contribution is 2.29. The molecule has 0 bridgehead atoms. The van der Waals surface area contributed by atoms with Gasteiger partial charge < -0.3 is 25.0 Å². The van der Waals surface area contributed by atoms with Gasteiger partial charge in [0.25, 0.3) is 5.91 Å². The van der Waals surface area contributed by atoms with Crippen molar-refractivity contribution in [2.75, 3.05) is 44.0 Å². The molecule has 2 amide bonds. The van der Waals surface area contributed by atoms with E-state index in [0.29, 0.717) is 66.3 Å². The van der Waals surface area contributed by atoms with Crippen molar-refractivity contribution in [2.45, 2.75) is 6.42 Å². The Morgan fingerprint density at radius 2 is 1.79 bits per heavy atom. The van der Waals surface area contributed by atoms with Gasteiger partial charge in [0.2, 0.25) is 11.9 Å². The molecule has 1 saturated heterocycles. The Morgan fingerprint density at radius 1 is 1.00 bits per heavy atom. The fourth-order valence-electron chi connectivity index (χ4n) is 4.72. The number of methoxy groups -OCH3 is 1. The molecule has 0 spiro atoms. The van der Waals surface area contributed by atoms with Gasteiger partial charge in [0.1, 0.15) is 17.4 Å². The third-order valence-electron chi connectivity index (χ3n) is 6.97. The Hall–Kier alpha value is -5.36. The van der Waals surface area contributed by atoms with Crippen LogP contribution >= 0.6 is 0 Å². The van der Waals surface area contributed by atoms with E-state index in [1.807, 2.05) is 24.4 Å². The van der Waals surface area contributed by atoms with E-state index >= 15 is 0 Å². The molecule has 0 atom stereocenters. The summed E-state index contributed by atoms with van der Waals surface area (Å²) in [7, 11) is 1.54. The fourth-order valence-corrected chi connectivity index (χ4v) is 4.72. The lowest BCUT2D eigenvalue weighted by molar-refractivity contribution is -0.115. The van der Waals surface area contributed by atoms with E-state index in [1.165, 1.54) is 12.1 Å². The van der Waals surface area contributed by atoms with Crippen LogP contribution in [0.1, 0.15) is 15.9 Å². The molecular weight excluding hydrogens is 553 g/mol. The Labute approximate surface area is 246 Å². The zero-order valence-electron chi connectivity index (χ0n) is 23.3. The largest absolute Gasteiger partial charge is 0.495 e. The van der Waals surface area contributed by atoms with Crippen molar-refractivity contribution >= 4 is 34.9 Å². The summed E-state index contributed by atoms with van der Waals surface area (Å²) < 4.78 is 25.6. The molecule has 218 valence electrons. The van der Waals surface area contributed by atoms with E-state index in [9.17, 15) is 14.0 Å². The summed E-state index contributed by atoms with van der Waals surface area (Å²) in [5.41, 5.74) is 4.17. The third kappa shape index (κ3) is 6.44. The number of ether oxygens (including phenoxy) is 2. The molecule has 43 heavy (non-hydrogen) atoms. The SMILES string of the molecule is COc1cc(C(=O)N2CCOCC2)ccc1Nc1nc2ccc(-c3ccc(NC(=O)Cc4ccc(F)cc4)nc3)cn2n1. The van der Waals surface area contributed by atoms with Crippen LogP contribution in [0.2, 0.25) is 0 Å². The molecule has 1 aliphatic rings. The summed E-state index contributed by atoms with van der Waals surface area (Å²) in [5.74, 6) is 0.611. The van der Waals surface area contributed by atoms with E-state index in [2.05, 4.69) is 25.7 Å². The summed E-state index contributed by atoms with van der Waals surface area (Å²) in [6.45, 7) is 2.18. The number of amides is 2. The van der Waals surface area contributed by atoms with Crippen molar-refractivity contribution in [3.05, 3.63) is 96.1 Å². The van der Waals surface area contributed by atoms with Crippen molar-refractivity contribution < 1.29 is 23.5 Å². The van der Waals surface area contributed by atoms with Gasteiger partial charge in [0.05, 0.1) is 32.4 Å². The first-order valence-corrected chi connectivity index (χ1v) is 13.6. The molecule has 0 radical (unpaired) electrons. The number of benzene rings is 2. The molecule has 3 aromatic heterocycles. The Kier molecular flexibility index (Phi) is 7.92. The van der Waals surface area contributed by atoms with E-state index in [0.717, 1.165) is 11.1 Å². The molecule has 0 aliphatic carbocycles. The first-order valence-electron chi connectivity index (χ1n) is 13.6. The van der Waals surface area contributed by atoms with Crippen LogP contribution in [-0.4, -0.2) is 69.7 Å². The van der Waals surface area contributed by atoms with Gasteiger partial charge in [-0.15, -0.1) is 5.10 Å². The van der Waals surface area contributed by atoms with Gasteiger partial charge in [-0.25, -0.2) is 13.9 Å². The van der Waals surface area contributed by atoms with Crippen LogP contribution in [0, 0.1) is 5.82 Å². The number of morpholine rings is 1. The number of halogens is 1. The lowest BCUT2D eigenvalue weighted by Crippen LogP contribution is -2.40. The van der Waals surface area contributed by atoms with Gasteiger partial charge in [-0.2, -0.15) is 4.98 Å². The highest BCUT2D eigenvalue weighted by Gasteiger charge is 2.20. The summed E-state index contributed by atoms with van der Waals surface area (Å²) in [5, 5.41) is 10.5. The van der Waals surface area contributed by atoms with Crippen molar-refractivity contribution in [3.8, 4) is 16.9 Å². The third-order valence-corrected chi connectivity index (χ3v) is 6.97. The number of fused-ring (bicyclic) bond motifs is 1. The second-order valence-corrected chi connectivity index (χ2v) is 9.88. The van der Waals surface area contributed by atoms with Gasteiger partial charge in [-0.1, -0.05) is 12.1 Å². The van der Waals surface area contributed by atoms with Crippen molar-refractivity contribution in [1.82, 2.24) is 24.5 Å². The van der Waals surface area contributed by atoms with E-state index < -0.39 is 0 Å².